The van der Waals surface area contributed by atoms with Gasteiger partial charge in [-0.2, -0.15) is 0 Å². The minimum absolute atomic E-state index is 0.0370. The maximum Gasteiger partial charge on any atom is 0.346 e. The standard InChI is InChI=1S/C32H54Cl4N6O12P2S.C26H40Cl4N5O10PS.C6H16NO3P/c1-3-52-55(48,53-4-2)22-16-38-31(45)29(25-8-6-5-7-9-25)40-30(44)27(39-28(43)11-10-26(37)32(46)47)24-57(50,51)23-21-54-56(49,41(17-12-33)18-13-34)42(19-14-35)20-15-36;27-8-12-34(13-9-28)46(42,35(14-10-29)15-11-30)45-16-17-47(43,44)18-21(32-22(36)7-6-20(31)25(38)39)24(37)33-23(26(40)41)19-4-2-1-3-5-19;1-3-9-11(8,6-5-7)10-4-2/h5-9,26-27,29H,3-4,10-24,37H2,1-2H3,(H,38,45)(H,39,43)(H,40,44)(H,46,47);1-5,20-21,23H,6-18,31H2,(H,32,36)(H,33,37)(H,38,39)(H,40,41);3-7H2,1-2H3/t26-,27-,29+;20-,21-,23+;/m00./s1. The molecule has 5 amide bonds. The van der Waals surface area contributed by atoms with E-state index in [-0.39, 0.29) is 149 Å². The summed E-state index contributed by atoms with van der Waals surface area (Å²) in [7, 11) is -23.0. The van der Waals surface area contributed by atoms with Crippen LogP contribution in [0, 0.1) is 0 Å². The molecule has 0 radical (unpaired) electrons. The van der Waals surface area contributed by atoms with E-state index in [1.54, 1.807) is 52.0 Å². The Bertz CT molecular complexity index is 3570. The first-order valence-electron chi connectivity index (χ1n) is 35.9. The van der Waals surface area contributed by atoms with E-state index in [2.05, 4.69) is 26.6 Å². The van der Waals surface area contributed by atoms with Crippen molar-refractivity contribution in [1.29, 1.82) is 0 Å². The SMILES string of the molecule is CCOP(=O)(CCN)OCC.CCOP(=O)(CCNC(=O)[C@H](NC(=O)[C@H](CS(=O)(=O)CCOP(=O)(N(CCCl)CCCl)N(CCCl)CCCl)NC(=O)CC[C@H](N)C(=O)O)c1ccccc1)OCC.N[C@@H](CCC(=O)N[C@@H](CS(=O)(=O)CCOP(=O)(N(CCCl)CCCl)N(CCCl)CCCl)C(=O)N[C@@H](C(=O)O)c1ccccc1)C(=O)O. The van der Waals surface area contributed by atoms with Crippen LogP contribution in [0.3, 0.4) is 0 Å². The van der Waals surface area contributed by atoms with Crippen molar-refractivity contribution in [3.8, 4) is 0 Å². The summed E-state index contributed by atoms with van der Waals surface area (Å²) in [6, 6.07) is 6.00. The minimum Gasteiger partial charge on any atom is -0.480 e. The number of sulfone groups is 2. The summed E-state index contributed by atoms with van der Waals surface area (Å²) in [5, 5.41) is 39.7. The molecule has 664 valence electrons. The van der Waals surface area contributed by atoms with E-state index in [1.165, 1.54) is 55.1 Å². The molecule has 2 aromatic carbocycles. The molecule has 0 saturated heterocycles. The number of alkyl halides is 8. The molecule has 14 N–H and O–H groups in total. The fourth-order valence-electron chi connectivity index (χ4n) is 9.94. The fourth-order valence-corrected chi connectivity index (χ4v) is 23.0. The number of hydrogen-bond acceptors (Lipinski definition) is 25. The molecular weight excluding hydrogens is 1810 g/mol. The number of hydrogen-bond donors (Lipinski definition) is 11. The Morgan fingerprint density at radius 1 is 0.435 bits per heavy atom. The molecule has 0 unspecified atom stereocenters. The molecule has 0 bridgehead atoms. The second-order valence-electron chi connectivity index (χ2n) is 23.9. The third-order valence-corrected chi connectivity index (χ3v) is 29.7. The van der Waals surface area contributed by atoms with Crippen LogP contribution in [0.2, 0.25) is 0 Å². The lowest BCUT2D eigenvalue weighted by Crippen LogP contribution is -2.53. The average molecular weight is 1920 g/mol. The van der Waals surface area contributed by atoms with Gasteiger partial charge in [0.25, 0.3) is 0 Å². The number of nitrogens with two attached hydrogens (primary N) is 3. The molecule has 6 atom stereocenters. The second-order valence-corrected chi connectivity index (χ2v) is 40.5. The topological polar surface area (TPSA) is 540 Å². The lowest BCUT2D eigenvalue weighted by molar-refractivity contribution is -0.142. The van der Waals surface area contributed by atoms with E-state index in [1.807, 2.05) is 0 Å². The van der Waals surface area contributed by atoms with Crippen LogP contribution in [0.1, 0.15) is 76.6 Å². The van der Waals surface area contributed by atoms with Crippen molar-refractivity contribution in [3.05, 3.63) is 71.8 Å². The summed E-state index contributed by atoms with van der Waals surface area (Å²) >= 11 is 47.5. The largest absolute Gasteiger partial charge is 0.480 e. The summed E-state index contributed by atoms with van der Waals surface area (Å²) in [6.45, 7) is 7.25. The van der Waals surface area contributed by atoms with Crippen molar-refractivity contribution in [1.82, 2.24) is 45.3 Å². The molecule has 0 saturated carbocycles. The van der Waals surface area contributed by atoms with Gasteiger partial charge in [-0.3, -0.25) is 51.8 Å². The third-order valence-electron chi connectivity index (χ3n) is 15.4. The number of aliphatic carboxylic acids is 3. The van der Waals surface area contributed by atoms with Gasteiger partial charge < -0.3 is 86.2 Å². The molecule has 0 spiro atoms. The predicted octanol–water partition coefficient (Wildman–Crippen LogP) is 5.92. The molecule has 0 aliphatic carbocycles. The molecule has 0 fully saturated rings. The Balaban J connectivity index is 0.00000202. The number of halogens is 8. The normalized spacial score (nSPS) is 13.8. The highest BCUT2D eigenvalue weighted by Crippen LogP contribution is 2.55. The number of nitrogens with one attached hydrogen (secondary N) is 5. The van der Waals surface area contributed by atoms with Crippen molar-refractivity contribution in [2.45, 2.75) is 89.6 Å². The number of amides is 5. The van der Waals surface area contributed by atoms with E-state index >= 15 is 0 Å². The number of carbonyl (C=O) groups excluding carboxylic acids is 5. The number of nitrogens with zero attached hydrogens (tertiary/aromatic N) is 4. The van der Waals surface area contributed by atoms with Gasteiger partial charge in [-0.15, -0.1) is 92.8 Å². The zero-order chi connectivity index (χ0) is 87.4. The lowest BCUT2D eigenvalue weighted by atomic mass is 10.1. The fraction of sp³-hybridized carbons (Fsp3) is 0.688. The van der Waals surface area contributed by atoms with Gasteiger partial charge in [0, 0.05) is 125 Å². The van der Waals surface area contributed by atoms with Gasteiger partial charge in [0.05, 0.1) is 75.0 Å². The highest BCUT2D eigenvalue weighted by molar-refractivity contribution is 7.91. The molecule has 37 nitrogen and oxygen atoms in total. The maximum atomic E-state index is 14.4. The summed E-state index contributed by atoms with van der Waals surface area (Å²) in [6.07, 6.45) is -1.51. The van der Waals surface area contributed by atoms with Gasteiger partial charge in [-0.05, 0) is 51.7 Å². The van der Waals surface area contributed by atoms with Crippen LogP contribution < -0.4 is 43.8 Å². The van der Waals surface area contributed by atoms with Gasteiger partial charge in [-0.25, -0.2) is 40.3 Å². The average Bonchev–Trinajstić information content (AvgIpc) is 0.812. The number of carbonyl (C=O) groups is 8. The smallest absolute Gasteiger partial charge is 0.346 e. The summed E-state index contributed by atoms with van der Waals surface area (Å²) in [5.74, 6) is -12.2. The van der Waals surface area contributed by atoms with E-state index < -0.39 is 183 Å². The maximum absolute atomic E-state index is 14.4. The Kier molecular flexibility index (Phi) is 59.5. The van der Waals surface area contributed by atoms with Crippen LogP contribution in [-0.2, 0) is 103 Å². The van der Waals surface area contributed by atoms with E-state index in [0.717, 1.165) is 0 Å². The van der Waals surface area contributed by atoms with E-state index in [0.29, 0.717) is 25.9 Å². The Morgan fingerprint density at radius 2 is 0.730 bits per heavy atom. The molecule has 2 rings (SSSR count). The van der Waals surface area contributed by atoms with Crippen LogP contribution in [0.15, 0.2) is 60.7 Å². The van der Waals surface area contributed by atoms with Crippen molar-refractivity contribution < 1.29 is 116 Å². The molecule has 0 aromatic heterocycles. The lowest BCUT2D eigenvalue weighted by Gasteiger charge is -2.37. The number of benzene rings is 2. The van der Waals surface area contributed by atoms with Crippen LogP contribution in [0.5, 0.6) is 0 Å². The zero-order valence-corrected chi connectivity index (χ0v) is 75.5. The number of rotatable bonds is 63. The molecule has 51 heteroatoms. The number of carboxylic acids is 3. The van der Waals surface area contributed by atoms with Gasteiger partial charge >= 0.3 is 48.4 Å². The summed E-state index contributed by atoms with van der Waals surface area (Å²) < 4.78 is 144. The molecule has 0 aliphatic heterocycles. The van der Waals surface area contributed by atoms with Crippen molar-refractivity contribution >= 4 is 190 Å². The van der Waals surface area contributed by atoms with Crippen molar-refractivity contribution in [2.75, 3.05) is 187 Å². The number of carboxylic acid groups (broad SMARTS) is 3. The van der Waals surface area contributed by atoms with Crippen LogP contribution in [0.4, 0.5) is 0 Å². The van der Waals surface area contributed by atoms with Gasteiger partial charge in [-0.1, -0.05) is 60.7 Å². The first kappa shape index (κ1) is 112. The monoisotopic (exact) mass is 1910 g/mol. The molecule has 115 heavy (non-hydrogen) atoms. The summed E-state index contributed by atoms with van der Waals surface area (Å²) in [4.78, 5) is 100. The van der Waals surface area contributed by atoms with Gasteiger partial charge in [0.15, 0.2) is 25.7 Å². The third kappa shape index (κ3) is 44.5. The molecule has 2 aromatic rings. The minimum atomic E-state index is -4.34. The molecular formula is C64H110Cl8N12O25P4S2. The Labute approximate surface area is 712 Å². The zero-order valence-electron chi connectivity index (χ0n) is 64.3. The quantitative estimate of drug-likeness (QED) is 0.0270. The van der Waals surface area contributed by atoms with Crippen LogP contribution in [0.25, 0.3) is 0 Å². The summed E-state index contributed by atoms with van der Waals surface area (Å²) in [5.41, 5.74) is 16.7. The van der Waals surface area contributed by atoms with Gasteiger partial charge in [0.2, 0.25) is 29.5 Å². The second kappa shape index (κ2) is 61.2. The van der Waals surface area contributed by atoms with Gasteiger partial charge in [0.1, 0.15) is 30.2 Å². The predicted molar refractivity (Wildman–Crippen MR) is 446 cm³/mol. The van der Waals surface area contributed by atoms with Crippen molar-refractivity contribution in [3.63, 3.8) is 0 Å². The molecule has 0 heterocycles. The van der Waals surface area contributed by atoms with E-state index in [9.17, 15) is 78.6 Å². The van der Waals surface area contributed by atoms with Crippen LogP contribution >= 0.6 is 123 Å². The first-order chi connectivity index (χ1) is 54.3. The molecule has 0 aliphatic rings. The Morgan fingerprint density at radius 3 is 1.01 bits per heavy atom. The first-order valence-corrected chi connectivity index (χ1v) is 50.4. The highest BCUT2D eigenvalue weighted by atomic mass is 35.5. The highest BCUT2D eigenvalue weighted by Gasteiger charge is 2.42. The van der Waals surface area contributed by atoms with Crippen molar-refractivity contribution in [2.24, 2.45) is 17.2 Å². The van der Waals surface area contributed by atoms with E-state index in [4.69, 9.17) is 147 Å². The Hall–Kier alpha value is -3.18. The van der Waals surface area contributed by atoms with Crippen LogP contribution in [-0.4, -0.2) is 310 Å².